The molecule has 0 saturated carbocycles. The van der Waals surface area contributed by atoms with Crippen LogP contribution in [0.25, 0.3) is 0 Å². The third-order valence-electron chi connectivity index (χ3n) is 1.56. The fourth-order valence-corrected chi connectivity index (χ4v) is 1.52. The maximum absolute atomic E-state index is 12.0. The minimum absolute atomic E-state index is 0.0511. The van der Waals surface area contributed by atoms with Crippen LogP contribution < -0.4 is 11.3 Å². The smallest absolute Gasteiger partial charge is 0.313 e. The average Bonchev–Trinajstić information content (AvgIpc) is 2.48. The van der Waals surface area contributed by atoms with E-state index in [4.69, 9.17) is 5.84 Å². The summed E-state index contributed by atoms with van der Waals surface area (Å²) in [6.45, 7) is -0.940. The number of hydrogen-bond acceptors (Lipinski definition) is 6. The predicted octanol–water partition coefficient (Wildman–Crippen LogP) is 0.818. The fourth-order valence-electron chi connectivity index (χ4n) is 1.04. The van der Waals surface area contributed by atoms with Gasteiger partial charge in [0.15, 0.2) is 0 Å². The van der Waals surface area contributed by atoms with E-state index in [-0.39, 0.29) is 6.54 Å². The van der Waals surface area contributed by atoms with Crippen LogP contribution in [-0.2, 0) is 6.54 Å². The molecule has 1 aromatic rings. The van der Waals surface area contributed by atoms with Crippen LogP contribution >= 0.6 is 11.5 Å². The molecule has 0 spiro atoms. The van der Waals surface area contributed by atoms with Crippen molar-refractivity contribution in [3.63, 3.8) is 0 Å². The Balaban J connectivity index is 2.55. The van der Waals surface area contributed by atoms with Gasteiger partial charge in [-0.3, -0.25) is 4.90 Å². The van der Waals surface area contributed by atoms with Crippen LogP contribution in [0.3, 0.4) is 0 Å². The number of nitrogens with two attached hydrogens (primary N) is 1. The SMILES string of the molecule is CN(Cc1nnsc1NN)CC(F)(F)F. The molecule has 0 aliphatic heterocycles. The molecule has 0 amide bonds. The molecule has 1 rings (SSSR count). The number of hydrogen-bond donors (Lipinski definition) is 2. The summed E-state index contributed by atoms with van der Waals surface area (Å²) in [6.07, 6.45) is -4.21. The first-order chi connectivity index (χ1) is 6.92. The second kappa shape index (κ2) is 4.73. The van der Waals surface area contributed by atoms with Crippen molar-refractivity contribution in [3.05, 3.63) is 5.69 Å². The third-order valence-corrected chi connectivity index (χ3v) is 2.26. The van der Waals surface area contributed by atoms with Crippen molar-refractivity contribution in [2.45, 2.75) is 12.7 Å². The van der Waals surface area contributed by atoms with Crippen molar-refractivity contribution in [1.29, 1.82) is 0 Å². The molecule has 15 heavy (non-hydrogen) atoms. The van der Waals surface area contributed by atoms with Crippen molar-refractivity contribution in [3.8, 4) is 0 Å². The van der Waals surface area contributed by atoms with Gasteiger partial charge in [0.25, 0.3) is 0 Å². The van der Waals surface area contributed by atoms with Gasteiger partial charge in [0, 0.05) is 18.1 Å². The van der Waals surface area contributed by atoms with Crippen LogP contribution in [0.4, 0.5) is 18.2 Å². The minimum Gasteiger partial charge on any atom is -0.313 e. The summed E-state index contributed by atoms with van der Waals surface area (Å²) in [6, 6.07) is 0. The van der Waals surface area contributed by atoms with E-state index in [0.717, 1.165) is 16.4 Å². The van der Waals surface area contributed by atoms with Gasteiger partial charge in [0.05, 0.1) is 6.54 Å². The van der Waals surface area contributed by atoms with Crippen LogP contribution in [0, 0.1) is 0 Å². The number of rotatable bonds is 4. The maximum atomic E-state index is 12.0. The van der Waals surface area contributed by atoms with E-state index in [1.165, 1.54) is 7.05 Å². The Labute approximate surface area is 88.2 Å². The van der Waals surface area contributed by atoms with Gasteiger partial charge in [-0.05, 0) is 7.05 Å². The van der Waals surface area contributed by atoms with Gasteiger partial charge in [-0.25, -0.2) is 5.84 Å². The Morgan fingerprint density at radius 1 is 1.53 bits per heavy atom. The zero-order valence-electron chi connectivity index (χ0n) is 7.88. The highest BCUT2D eigenvalue weighted by Gasteiger charge is 2.29. The number of halogens is 3. The lowest BCUT2D eigenvalue weighted by Crippen LogP contribution is -2.31. The molecule has 0 unspecified atom stereocenters. The zero-order valence-corrected chi connectivity index (χ0v) is 8.69. The molecule has 0 aliphatic rings. The number of aromatic nitrogens is 2. The fraction of sp³-hybridized carbons (Fsp3) is 0.667. The highest BCUT2D eigenvalue weighted by molar-refractivity contribution is 7.10. The highest BCUT2D eigenvalue weighted by atomic mass is 32.1. The van der Waals surface area contributed by atoms with Crippen molar-refractivity contribution >= 4 is 16.5 Å². The average molecular weight is 241 g/mol. The van der Waals surface area contributed by atoms with Gasteiger partial charge in [0.2, 0.25) is 0 Å². The number of nitrogens with zero attached hydrogens (tertiary/aromatic N) is 3. The molecule has 86 valence electrons. The summed E-state index contributed by atoms with van der Waals surface area (Å²) in [5, 5.41) is 4.15. The van der Waals surface area contributed by atoms with Gasteiger partial charge >= 0.3 is 6.18 Å². The molecule has 0 aromatic carbocycles. The van der Waals surface area contributed by atoms with Crippen LogP contribution in [0.2, 0.25) is 0 Å². The van der Waals surface area contributed by atoms with Crippen molar-refractivity contribution in [1.82, 2.24) is 14.5 Å². The monoisotopic (exact) mass is 241 g/mol. The Morgan fingerprint density at radius 2 is 2.20 bits per heavy atom. The molecule has 9 heteroatoms. The van der Waals surface area contributed by atoms with E-state index in [0.29, 0.717) is 10.7 Å². The van der Waals surface area contributed by atoms with Gasteiger partial charge in [-0.2, -0.15) is 13.2 Å². The Kier molecular flexibility index (Phi) is 3.83. The Bertz CT molecular complexity index is 312. The Morgan fingerprint density at radius 3 is 2.73 bits per heavy atom. The second-order valence-electron chi connectivity index (χ2n) is 2.98. The molecule has 1 heterocycles. The summed E-state index contributed by atoms with van der Waals surface area (Å²) in [5.74, 6) is 5.14. The van der Waals surface area contributed by atoms with Gasteiger partial charge in [-0.15, -0.1) is 5.10 Å². The first kappa shape index (κ1) is 12.1. The standard InChI is InChI=1S/C6H10F3N5S/c1-14(3-6(7,8)9)2-4-5(11-10)15-13-12-4/h11H,2-3,10H2,1H3. The molecule has 0 saturated heterocycles. The topological polar surface area (TPSA) is 67.1 Å². The summed E-state index contributed by atoms with van der Waals surface area (Å²) >= 11 is 1.00. The first-order valence-corrected chi connectivity index (χ1v) is 4.73. The van der Waals surface area contributed by atoms with Crippen molar-refractivity contribution in [2.24, 2.45) is 5.84 Å². The molecule has 0 atom stereocenters. The highest BCUT2D eigenvalue weighted by Crippen LogP contribution is 2.20. The van der Waals surface area contributed by atoms with Gasteiger partial charge in [0.1, 0.15) is 10.7 Å². The number of nitrogens with one attached hydrogen (secondary N) is 1. The van der Waals surface area contributed by atoms with E-state index < -0.39 is 12.7 Å². The van der Waals surface area contributed by atoms with Crippen molar-refractivity contribution in [2.75, 3.05) is 19.0 Å². The molecule has 0 bridgehead atoms. The van der Waals surface area contributed by atoms with E-state index in [2.05, 4.69) is 15.0 Å². The zero-order chi connectivity index (χ0) is 11.5. The molecular weight excluding hydrogens is 231 g/mol. The summed E-state index contributed by atoms with van der Waals surface area (Å²) in [7, 11) is 1.35. The van der Waals surface area contributed by atoms with E-state index >= 15 is 0 Å². The van der Waals surface area contributed by atoms with Crippen molar-refractivity contribution < 1.29 is 13.2 Å². The summed E-state index contributed by atoms with van der Waals surface area (Å²) in [5.41, 5.74) is 2.74. The molecule has 0 fully saturated rings. The van der Waals surface area contributed by atoms with Crippen LogP contribution in [-0.4, -0.2) is 34.3 Å². The number of anilines is 1. The Hall–Kier alpha value is -0.930. The third kappa shape index (κ3) is 3.98. The van der Waals surface area contributed by atoms with E-state index in [1.54, 1.807) is 0 Å². The van der Waals surface area contributed by atoms with E-state index in [9.17, 15) is 13.2 Å². The lowest BCUT2D eigenvalue weighted by molar-refractivity contribution is -0.144. The summed E-state index contributed by atoms with van der Waals surface area (Å²) < 4.78 is 39.6. The molecule has 0 aliphatic carbocycles. The molecular formula is C6H10F3N5S. The van der Waals surface area contributed by atoms with E-state index in [1.807, 2.05) is 0 Å². The first-order valence-electron chi connectivity index (χ1n) is 3.95. The number of nitrogen functional groups attached to an aromatic ring is 1. The molecule has 5 nitrogen and oxygen atoms in total. The number of alkyl halides is 3. The lowest BCUT2D eigenvalue weighted by Gasteiger charge is -2.17. The van der Waals surface area contributed by atoms with Gasteiger partial charge < -0.3 is 5.43 Å². The van der Waals surface area contributed by atoms with Crippen LogP contribution in [0.5, 0.6) is 0 Å². The van der Waals surface area contributed by atoms with Gasteiger partial charge in [-0.1, -0.05) is 4.49 Å². The maximum Gasteiger partial charge on any atom is 0.401 e. The minimum atomic E-state index is -4.21. The quantitative estimate of drug-likeness (QED) is 0.603. The number of hydrazine groups is 1. The van der Waals surface area contributed by atoms with Crippen LogP contribution in [0.15, 0.2) is 0 Å². The molecule has 0 radical (unpaired) electrons. The predicted molar refractivity (Wildman–Crippen MR) is 50.1 cm³/mol. The van der Waals surface area contributed by atoms with Crippen LogP contribution in [0.1, 0.15) is 5.69 Å². The summed E-state index contributed by atoms with van der Waals surface area (Å²) in [4.78, 5) is 1.09. The normalized spacial score (nSPS) is 12.1. The second-order valence-corrected chi connectivity index (χ2v) is 3.73. The largest absolute Gasteiger partial charge is 0.401 e. The lowest BCUT2D eigenvalue weighted by atomic mass is 10.4. The molecule has 1 aromatic heterocycles. The molecule has 3 N–H and O–H groups in total.